The first-order valence-corrected chi connectivity index (χ1v) is 12.2. The van der Waals surface area contributed by atoms with E-state index in [0.29, 0.717) is 22.1 Å². The highest BCUT2D eigenvalue weighted by atomic mass is 35.5. The van der Waals surface area contributed by atoms with Gasteiger partial charge in [0.05, 0.1) is 27.5 Å². The van der Waals surface area contributed by atoms with Crippen molar-refractivity contribution in [1.82, 2.24) is 4.90 Å². The zero-order chi connectivity index (χ0) is 26.7. The number of rotatable bonds is 5. The average molecular weight is 540 g/mol. The Kier molecular flexibility index (Phi) is 7.76. The number of nitrogens with one attached hydrogen (secondary N) is 1. The van der Waals surface area contributed by atoms with E-state index in [9.17, 15) is 32.9 Å². The summed E-state index contributed by atoms with van der Waals surface area (Å²) in [5.41, 5.74) is 1.34. The van der Waals surface area contributed by atoms with Crippen molar-refractivity contribution in [3.8, 4) is 0 Å². The fourth-order valence-corrected chi connectivity index (χ4v) is 4.81. The summed E-state index contributed by atoms with van der Waals surface area (Å²) < 4.78 is 38.4. The predicted octanol–water partition coefficient (Wildman–Crippen LogP) is 4.70. The number of hydrogen-bond acceptors (Lipinski definition) is 6. The molecule has 0 spiro atoms. The van der Waals surface area contributed by atoms with E-state index in [4.69, 9.17) is 11.6 Å². The van der Waals surface area contributed by atoms with Gasteiger partial charge in [-0.3, -0.25) is 19.7 Å². The molecule has 0 atom stereocenters. The lowest BCUT2D eigenvalue weighted by Crippen LogP contribution is -2.52. The number of carbonyl (C=O) groups is 2. The first-order valence-electron chi connectivity index (χ1n) is 11.8. The van der Waals surface area contributed by atoms with Gasteiger partial charge in [-0.25, -0.2) is 0 Å². The lowest BCUT2D eigenvalue weighted by atomic mass is 10.1. The summed E-state index contributed by atoms with van der Waals surface area (Å²) in [5.74, 6) is -2.45. The Balaban J connectivity index is 1.58. The number of piperazine rings is 1. The van der Waals surface area contributed by atoms with Gasteiger partial charge in [0, 0.05) is 56.4 Å². The van der Waals surface area contributed by atoms with Crippen LogP contribution in [0.5, 0.6) is 0 Å². The molecule has 2 heterocycles. The molecule has 1 N–H and O–H groups in total. The van der Waals surface area contributed by atoms with Crippen molar-refractivity contribution in [2.45, 2.75) is 25.4 Å². The Morgan fingerprint density at radius 2 is 1.51 bits per heavy atom. The van der Waals surface area contributed by atoms with Gasteiger partial charge in [0.2, 0.25) is 0 Å². The Hall–Kier alpha value is -3.54. The Morgan fingerprint density at radius 3 is 2.14 bits per heavy atom. The third-order valence-corrected chi connectivity index (χ3v) is 6.72. The average Bonchev–Trinajstić information content (AvgIpc) is 2.88. The van der Waals surface area contributed by atoms with Crippen LogP contribution in [0.2, 0.25) is 5.02 Å². The number of nitro groups is 1. The molecule has 0 radical (unpaired) electrons. The van der Waals surface area contributed by atoms with Gasteiger partial charge >= 0.3 is 12.1 Å². The van der Waals surface area contributed by atoms with Crippen LogP contribution in [0.3, 0.4) is 0 Å². The molecule has 0 unspecified atom stereocenters. The Morgan fingerprint density at radius 1 is 0.892 bits per heavy atom. The summed E-state index contributed by atoms with van der Waals surface area (Å²) in [6.07, 6.45) is -1.98. The second kappa shape index (κ2) is 10.8. The van der Waals surface area contributed by atoms with E-state index in [2.05, 4.69) is 5.32 Å². The number of amides is 2. The van der Waals surface area contributed by atoms with E-state index in [1.165, 1.54) is 18.2 Å². The number of nitrogens with zero attached hydrogens (tertiary/aromatic N) is 4. The molecule has 2 saturated heterocycles. The zero-order valence-electron chi connectivity index (χ0n) is 19.8. The van der Waals surface area contributed by atoms with Crippen LogP contribution in [0, 0.1) is 10.1 Å². The molecular formula is C24H25ClF3N5O4. The number of alkyl halides is 3. The van der Waals surface area contributed by atoms with Crippen LogP contribution in [0.1, 0.15) is 29.6 Å². The van der Waals surface area contributed by atoms with E-state index in [-0.39, 0.29) is 37.4 Å². The maximum atomic E-state index is 13.5. The highest BCUT2D eigenvalue weighted by Gasteiger charge is 2.43. The SMILES string of the molecule is O=C(Nc1cc(Cl)ccc1N1CCN(C(=O)C(F)(F)F)CC1)c1cc([N+](=O)[O-])ccc1N1CCCCC1. The molecule has 2 aromatic rings. The molecule has 9 nitrogen and oxygen atoms in total. The van der Waals surface area contributed by atoms with Crippen LogP contribution in [0.4, 0.5) is 35.9 Å². The summed E-state index contributed by atoms with van der Waals surface area (Å²) in [6.45, 7) is 1.39. The molecule has 0 saturated carbocycles. The van der Waals surface area contributed by atoms with Crippen LogP contribution in [0.15, 0.2) is 36.4 Å². The fraction of sp³-hybridized carbons (Fsp3) is 0.417. The van der Waals surface area contributed by atoms with Crippen LogP contribution >= 0.6 is 11.6 Å². The van der Waals surface area contributed by atoms with Gasteiger partial charge < -0.3 is 20.0 Å². The monoisotopic (exact) mass is 539 g/mol. The van der Waals surface area contributed by atoms with E-state index in [1.54, 1.807) is 23.1 Å². The number of piperidine rings is 1. The number of nitro benzene ring substituents is 1. The summed E-state index contributed by atoms with van der Waals surface area (Å²) in [4.78, 5) is 40.4. The van der Waals surface area contributed by atoms with Gasteiger partial charge in [0.15, 0.2) is 0 Å². The first-order chi connectivity index (χ1) is 17.5. The zero-order valence-corrected chi connectivity index (χ0v) is 20.5. The highest BCUT2D eigenvalue weighted by molar-refractivity contribution is 6.31. The standard InChI is InChI=1S/C24H25ClF3N5O4/c25-16-4-6-21(31-10-12-32(13-11-31)23(35)24(26,27)28)19(14-16)29-22(34)18-15-17(33(36)37)5-7-20(18)30-8-2-1-3-9-30/h4-7,14-15H,1-3,8-13H2,(H,29,34). The van der Waals surface area contributed by atoms with Crippen molar-refractivity contribution in [3.05, 3.63) is 57.1 Å². The minimum Gasteiger partial charge on any atom is -0.371 e. The second-order valence-corrected chi connectivity index (χ2v) is 9.34. The second-order valence-electron chi connectivity index (χ2n) is 8.90. The molecule has 198 valence electrons. The first kappa shape index (κ1) is 26.5. The smallest absolute Gasteiger partial charge is 0.371 e. The van der Waals surface area contributed by atoms with Gasteiger partial charge in [-0.15, -0.1) is 0 Å². The number of anilines is 3. The summed E-state index contributed by atoms with van der Waals surface area (Å²) in [6, 6.07) is 8.93. The van der Waals surface area contributed by atoms with Crippen molar-refractivity contribution in [1.29, 1.82) is 0 Å². The minimum absolute atomic E-state index is 0.113. The minimum atomic E-state index is -4.94. The molecule has 2 fully saturated rings. The Labute approximate surface area is 215 Å². The van der Waals surface area contributed by atoms with Crippen molar-refractivity contribution >= 4 is 46.2 Å². The lowest BCUT2D eigenvalue weighted by Gasteiger charge is -2.37. The molecule has 0 aliphatic carbocycles. The summed E-state index contributed by atoms with van der Waals surface area (Å²) >= 11 is 6.17. The van der Waals surface area contributed by atoms with E-state index in [1.807, 2.05) is 4.90 Å². The van der Waals surface area contributed by atoms with Gasteiger partial charge in [0.1, 0.15) is 0 Å². The molecule has 2 aliphatic rings. The maximum absolute atomic E-state index is 13.5. The van der Waals surface area contributed by atoms with Gasteiger partial charge in [0.25, 0.3) is 11.6 Å². The van der Waals surface area contributed by atoms with Gasteiger partial charge in [-0.05, 0) is 43.5 Å². The normalized spacial score (nSPS) is 16.5. The third kappa shape index (κ3) is 6.07. The predicted molar refractivity (Wildman–Crippen MR) is 133 cm³/mol. The molecular weight excluding hydrogens is 515 g/mol. The molecule has 2 amide bonds. The maximum Gasteiger partial charge on any atom is 0.471 e. The summed E-state index contributed by atoms with van der Waals surface area (Å²) in [7, 11) is 0. The fourth-order valence-electron chi connectivity index (χ4n) is 4.63. The summed E-state index contributed by atoms with van der Waals surface area (Å²) in [5, 5.41) is 14.5. The largest absolute Gasteiger partial charge is 0.471 e. The van der Waals surface area contributed by atoms with Crippen molar-refractivity contribution < 1.29 is 27.7 Å². The third-order valence-electron chi connectivity index (χ3n) is 6.49. The number of halogens is 4. The van der Waals surface area contributed by atoms with E-state index in [0.717, 1.165) is 37.3 Å². The van der Waals surface area contributed by atoms with Crippen molar-refractivity contribution in [3.63, 3.8) is 0 Å². The van der Waals surface area contributed by atoms with Crippen LogP contribution in [-0.4, -0.2) is 67.1 Å². The number of carbonyl (C=O) groups excluding carboxylic acids is 2. The molecule has 0 bridgehead atoms. The van der Waals surface area contributed by atoms with E-state index < -0.39 is 22.9 Å². The topological polar surface area (TPSA) is 99.0 Å². The highest BCUT2D eigenvalue weighted by Crippen LogP contribution is 2.33. The quantitative estimate of drug-likeness (QED) is 0.437. The van der Waals surface area contributed by atoms with Crippen LogP contribution in [-0.2, 0) is 4.79 Å². The molecule has 13 heteroatoms. The van der Waals surface area contributed by atoms with E-state index >= 15 is 0 Å². The molecule has 0 aromatic heterocycles. The Bertz CT molecular complexity index is 1200. The number of non-ortho nitro benzene ring substituents is 1. The molecule has 37 heavy (non-hydrogen) atoms. The van der Waals surface area contributed by atoms with Crippen LogP contribution in [0.25, 0.3) is 0 Å². The van der Waals surface area contributed by atoms with Crippen molar-refractivity contribution in [2.75, 3.05) is 54.4 Å². The number of benzene rings is 2. The van der Waals surface area contributed by atoms with Gasteiger partial charge in [-0.1, -0.05) is 11.6 Å². The number of hydrogen-bond donors (Lipinski definition) is 1. The molecule has 4 rings (SSSR count). The molecule has 2 aromatic carbocycles. The van der Waals surface area contributed by atoms with Crippen LogP contribution < -0.4 is 15.1 Å². The molecule has 2 aliphatic heterocycles. The van der Waals surface area contributed by atoms with Crippen molar-refractivity contribution in [2.24, 2.45) is 0 Å². The lowest BCUT2D eigenvalue weighted by molar-refractivity contribution is -0.384. The van der Waals surface area contributed by atoms with Gasteiger partial charge in [-0.2, -0.15) is 13.2 Å².